The minimum atomic E-state index is -0.723. The minimum Gasteiger partial charge on any atom is -0.387 e. The first-order chi connectivity index (χ1) is 23.4. The summed E-state index contributed by atoms with van der Waals surface area (Å²) in [6, 6.07) is 0.627. The van der Waals surface area contributed by atoms with Gasteiger partial charge in [0.2, 0.25) is 0 Å². The molecule has 1 aliphatic heterocycles. The summed E-state index contributed by atoms with van der Waals surface area (Å²) in [5.74, 6) is 0. The Hall–Kier alpha value is -0.240. The Morgan fingerprint density at radius 1 is 0.562 bits per heavy atom. The third-order valence-electron chi connectivity index (χ3n) is 11.4. The number of quaternary nitrogens is 1. The number of aliphatic hydroxyl groups is 1. The zero-order valence-corrected chi connectivity index (χ0v) is 32.9. The number of methoxy groups -OCH3 is 1. The fraction of sp³-hybridized carbons (Fsp3) is 1.00. The SMILES string of the molecule is CCCCCCCCCCCCCCO[C@H]1[C@@H](OC)O[C@H](C[N+](C)(C)C2CCCC2)[C@@H](O)[C@@H]1OCCCCCCCCCCCCCC. The number of unbranched alkanes of at least 4 members (excludes halogenated alkanes) is 22. The van der Waals surface area contributed by atoms with Gasteiger partial charge in [0.25, 0.3) is 0 Å². The van der Waals surface area contributed by atoms with Gasteiger partial charge in [-0.3, -0.25) is 0 Å². The van der Waals surface area contributed by atoms with Gasteiger partial charge in [-0.05, 0) is 38.5 Å². The van der Waals surface area contributed by atoms with Crippen molar-refractivity contribution in [1.82, 2.24) is 0 Å². The van der Waals surface area contributed by atoms with E-state index < -0.39 is 24.6 Å². The van der Waals surface area contributed by atoms with Gasteiger partial charge in [-0.25, -0.2) is 0 Å². The van der Waals surface area contributed by atoms with Gasteiger partial charge in [0.05, 0.1) is 20.1 Å². The van der Waals surface area contributed by atoms with Gasteiger partial charge in [0, 0.05) is 20.3 Å². The molecule has 1 heterocycles. The van der Waals surface area contributed by atoms with Gasteiger partial charge in [0.1, 0.15) is 31.0 Å². The first-order valence-corrected chi connectivity index (χ1v) is 21.4. The summed E-state index contributed by atoms with van der Waals surface area (Å²) in [5, 5.41) is 11.7. The van der Waals surface area contributed by atoms with E-state index in [4.69, 9.17) is 18.9 Å². The Kier molecular flexibility index (Phi) is 25.9. The molecule has 0 aromatic carbocycles. The molecule has 1 aliphatic carbocycles. The number of likely N-dealkylation sites (N-methyl/N-ethyl adjacent to an activating group) is 1. The number of aliphatic hydroxyl groups excluding tert-OH is 1. The highest BCUT2D eigenvalue weighted by Crippen LogP contribution is 2.32. The molecule has 0 amide bonds. The Balaban J connectivity index is 1.76. The molecule has 0 aromatic heterocycles. The van der Waals surface area contributed by atoms with Gasteiger partial charge in [-0.1, -0.05) is 155 Å². The van der Waals surface area contributed by atoms with Crippen molar-refractivity contribution in [1.29, 1.82) is 0 Å². The fourth-order valence-electron chi connectivity index (χ4n) is 8.14. The number of nitrogens with zero attached hydrogens (tertiary/aromatic N) is 1. The van der Waals surface area contributed by atoms with Gasteiger partial charge in [-0.2, -0.15) is 0 Å². The van der Waals surface area contributed by atoms with Gasteiger partial charge >= 0.3 is 0 Å². The van der Waals surface area contributed by atoms with E-state index >= 15 is 0 Å². The molecule has 1 N–H and O–H groups in total. The Labute approximate surface area is 299 Å². The van der Waals surface area contributed by atoms with Crippen LogP contribution in [0.4, 0.5) is 0 Å². The molecule has 2 fully saturated rings. The Bertz CT molecular complexity index is 714. The topological polar surface area (TPSA) is 57.2 Å². The second-order valence-corrected chi connectivity index (χ2v) is 16.1. The van der Waals surface area contributed by atoms with E-state index in [1.807, 2.05) is 0 Å². The van der Waals surface area contributed by atoms with Crippen LogP contribution in [0.3, 0.4) is 0 Å². The molecule has 286 valence electrons. The summed E-state index contributed by atoms with van der Waals surface area (Å²) in [5.41, 5.74) is 0. The lowest BCUT2D eigenvalue weighted by Gasteiger charge is -2.47. The molecule has 1 saturated carbocycles. The normalized spacial score (nSPS) is 23.8. The van der Waals surface area contributed by atoms with Gasteiger partial charge < -0.3 is 28.5 Å². The lowest BCUT2D eigenvalue weighted by atomic mass is 9.96. The summed E-state index contributed by atoms with van der Waals surface area (Å²) in [6.45, 7) is 6.64. The summed E-state index contributed by atoms with van der Waals surface area (Å²) in [4.78, 5) is 0. The van der Waals surface area contributed by atoms with Crippen molar-refractivity contribution in [3.63, 3.8) is 0 Å². The molecule has 6 heteroatoms. The molecule has 0 aromatic rings. The van der Waals surface area contributed by atoms with E-state index in [1.165, 1.54) is 167 Å². The highest BCUT2D eigenvalue weighted by atomic mass is 16.7. The maximum atomic E-state index is 11.7. The molecule has 2 aliphatic rings. The van der Waals surface area contributed by atoms with Crippen LogP contribution < -0.4 is 0 Å². The average molecular weight is 683 g/mol. The van der Waals surface area contributed by atoms with Crippen LogP contribution in [0.5, 0.6) is 0 Å². The van der Waals surface area contributed by atoms with Crippen molar-refractivity contribution in [2.75, 3.05) is 41.0 Å². The highest BCUT2D eigenvalue weighted by Gasteiger charge is 2.49. The lowest BCUT2D eigenvalue weighted by Crippen LogP contribution is -2.64. The molecule has 48 heavy (non-hydrogen) atoms. The monoisotopic (exact) mass is 683 g/mol. The van der Waals surface area contributed by atoms with Crippen molar-refractivity contribution in [2.45, 2.75) is 230 Å². The van der Waals surface area contributed by atoms with E-state index in [1.54, 1.807) is 7.11 Å². The van der Waals surface area contributed by atoms with E-state index in [0.717, 1.165) is 23.9 Å². The highest BCUT2D eigenvalue weighted by molar-refractivity contribution is 4.92. The van der Waals surface area contributed by atoms with Crippen LogP contribution in [0, 0.1) is 0 Å². The number of hydrogen-bond acceptors (Lipinski definition) is 5. The van der Waals surface area contributed by atoms with Crippen LogP contribution in [0.2, 0.25) is 0 Å². The quantitative estimate of drug-likeness (QED) is 0.0565. The number of ether oxygens (including phenoxy) is 4. The molecule has 6 nitrogen and oxygen atoms in total. The van der Waals surface area contributed by atoms with E-state index in [0.29, 0.717) is 19.3 Å². The standard InChI is InChI=1S/C42H84NO5/c1-6-8-10-12-14-16-18-20-22-24-26-30-34-46-40-39(44)38(36-43(3,4)37-32-28-29-33-37)48-42(45-5)41(40)47-35-31-27-25-23-21-19-17-15-13-11-9-7-2/h37-42,44H,6-36H2,1-5H3/q+1/t38-,39-,40+,41-,42+/m1/s1. The van der Waals surface area contributed by atoms with E-state index in [2.05, 4.69) is 27.9 Å². The molecular formula is C42H84NO5+. The third kappa shape index (κ3) is 18.8. The second kappa shape index (κ2) is 28.4. The van der Waals surface area contributed by atoms with Crippen molar-refractivity contribution in [2.24, 2.45) is 0 Å². The van der Waals surface area contributed by atoms with Crippen LogP contribution in [-0.4, -0.2) is 87.3 Å². The first kappa shape index (κ1) is 43.9. The molecular weight excluding hydrogens is 598 g/mol. The van der Waals surface area contributed by atoms with Crippen LogP contribution >= 0.6 is 0 Å². The van der Waals surface area contributed by atoms with E-state index in [-0.39, 0.29) is 6.10 Å². The second-order valence-electron chi connectivity index (χ2n) is 16.1. The van der Waals surface area contributed by atoms with Crippen molar-refractivity contribution >= 4 is 0 Å². The molecule has 0 radical (unpaired) electrons. The zero-order chi connectivity index (χ0) is 34.7. The Morgan fingerprint density at radius 3 is 1.33 bits per heavy atom. The Morgan fingerprint density at radius 2 is 0.938 bits per heavy atom. The molecule has 5 atom stereocenters. The zero-order valence-electron chi connectivity index (χ0n) is 32.9. The summed E-state index contributed by atoms with van der Waals surface area (Å²) in [6.07, 6.45) is 34.5. The minimum absolute atomic E-state index is 0.330. The van der Waals surface area contributed by atoms with Crippen LogP contribution in [0.1, 0.15) is 194 Å². The predicted molar refractivity (Wildman–Crippen MR) is 203 cm³/mol. The smallest absolute Gasteiger partial charge is 0.186 e. The molecule has 0 bridgehead atoms. The van der Waals surface area contributed by atoms with Crippen molar-refractivity contribution in [3.8, 4) is 0 Å². The summed E-state index contributed by atoms with van der Waals surface area (Å²) in [7, 11) is 6.30. The summed E-state index contributed by atoms with van der Waals surface area (Å²) < 4.78 is 26.2. The largest absolute Gasteiger partial charge is 0.387 e. The molecule has 0 spiro atoms. The predicted octanol–water partition coefficient (Wildman–Crippen LogP) is 10.9. The molecule has 0 unspecified atom stereocenters. The fourth-order valence-corrected chi connectivity index (χ4v) is 8.14. The van der Waals surface area contributed by atoms with Crippen LogP contribution in [-0.2, 0) is 18.9 Å². The molecule has 1 saturated heterocycles. The van der Waals surface area contributed by atoms with Crippen LogP contribution in [0.15, 0.2) is 0 Å². The maximum absolute atomic E-state index is 11.7. The first-order valence-electron chi connectivity index (χ1n) is 21.4. The lowest BCUT2D eigenvalue weighted by molar-refractivity contribution is -0.918. The summed E-state index contributed by atoms with van der Waals surface area (Å²) >= 11 is 0. The third-order valence-corrected chi connectivity index (χ3v) is 11.4. The van der Waals surface area contributed by atoms with Gasteiger partial charge in [0.15, 0.2) is 6.29 Å². The average Bonchev–Trinajstić information content (AvgIpc) is 3.64. The van der Waals surface area contributed by atoms with Crippen LogP contribution in [0.25, 0.3) is 0 Å². The number of rotatable bonds is 32. The molecule has 2 rings (SSSR count). The van der Waals surface area contributed by atoms with E-state index in [9.17, 15) is 5.11 Å². The van der Waals surface area contributed by atoms with Gasteiger partial charge in [-0.15, -0.1) is 0 Å². The number of hydrogen-bond donors (Lipinski definition) is 1. The van der Waals surface area contributed by atoms with Crippen molar-refractivity contribution < 1.29 is 28.5 Å². The van der Waals surface area contributed by atoms with Crippen molar-refractivity contribution in [3.05, 3.63) is 0 Å². The maximum Gasteiger partial charge on any atom is 0.186 e.